The first-order valence-corrected chi connectivity index (χ1v) is 9.28. The first kappa shape index (κ1) is 18.9. The second-order valence-corrected chi connectivity index (χ2v) is 7.61. The molecule has 0 radical (unpaired) electrons. The first-order valence-electron chi connectivity index (χ1n) is 7.44. The Morgan fingerprint density at radius 2 is 2.30 bits per heavy atom. The Balaban J connectivity index is 0.00000192. The summed E-state index contributed by atoms with van der Waals surface area (Å²) in [5.41, 5.74) is 1.95. The zero-order valence-corrected chi connectivity index (χ0v) is 17.7. The average Bonchev–Trinajstić information content (AvgIpc) is 3.16. The molecule has 1 aliphatic rings. The average molecular weight is 510 g/mol. The van der Waals surface area contributed by atoms with Crippen LogP contribution in [0.15, 0.2) is 34.0 Å². The number of nitrogens with one attached hydrogen (secondary N) is 2. The van der Waals surface area contributed by atoms with Gasteiger partial charge in [0.15, 0.2) is 5.96 Å². The topological polar surface area (TPSA) is 53.7 Å². The van der Waals surface area contributed by atoms with Crippen molar-refractivity contribution in [1.82, 2.24) is 20.0 Å². The van der Waals surface area contributed by atoms with Crippen molar-refractivity contribution < 1.29 is 0 Å². The Hall–Kier alpha value is -0.480. The SMILES string of the molecule is CN=C(NCc1cn2cc(Br)ccc2n1)NCC1CCCS1.I. The lowest BCUT2D eigenvalue weighted by molar-refractivity contribution is 0.724. The number of fused-ring (bicyclic) bond motifs is 1. The minimum Gasteiger partial charge on any atom is -0.355 e. The summed E-state index contributed by atoms with van der Waals surface area (Å²) in [6.45, 7) is 1.64. The van der Waals surface area contributed by atoms with Gasteiger partial charge < -0.3 is 15.0 Å². The van der Waals surface area contributed by atoms with Crippen molar-refractivity contribution in [2.45, 2.75) is 24.6 Å². The lowest BCUT2D eigenvalue weighted by Gasteiger charge is -2.14. The molecular weight excluding hydrogens is 489 g/mol. The summed E-state index contributed by atoms with van der Waals surface area (Å²) in [6, 6.07) is 4.00. The second-order valence-electron chi connectivity index (χ2n) is 5.29. The van der Waals surface area contributed by atoms with Gasteiger partial charge >= 0.3 is 0 Å². The molecule has 1 aliphatic heterocycles. The highest BCUT2D eigenvalue weighted by Gasteiger charge is 2.15. The molecule has 23 heavy (non-hydrogen) atoms. The smallest absolute Gasteiger partial charge is 0.191 e. The number of halogens is 2. The summed E-state index contributed by atoms with van der Waals surface area (Å²) in [4.78, 5) is 8.87. The van der Waals surface area contributed by atoms with Crippen LogP contribution in [0.25, 0.3) is 5.65 Å². The molecule has 8 heteroatoms. The van der Waals surface area contributed by atoms with Crippen LogP contribution in [0.2, 0.25) is 0 Å². The minimum atomic E-state index is 0. The number of hydrogen-bond donors (Lipinski definition) is 2. The number of rotatable bonds is 4. The summed E-state index contributed by atoms with van der Waals surface area (Å²) < 4.78 is 3.07. The summed E-state index contributed by atoms with van der Waals surface area (Å²) in [6.07, 6.45) is 6.68. The number of thioether (sulfide) groups is 1. The Bertz CT molecular complexity index is 669. The summed E-state index contributed by atoms with van der Waals surface area (Å²) >= 11 is 5.52. The van der Waals surface area contributed by atoms with Crippen molar-refractivity contribution in [2.24, 2.45) is 4.99 Å². The molecule has 0 spiro atoms. The van der Waals surface area contributed by atoms with Crippen molar-refractivity contribution in [1.29, 1.82) is 0 Å². The summed E-state index contributed by atoms with van der Waals surface area (Å²) in [5.74, 6) is 2.13. The number of imidazole rings is 1. The van der Waals surface area contributed by atoms with Crippen LogP contribution in [-0.2, 0) is 6.54 Å². The quantitative estimate of drug-likeness (QED) is 0.377. The molecule has 126 valence electrons. The molecular formula is C15H21BrIN5S. The summed E-state index contributed by atoms with van der Waals surface area (Å²) in [5, 5.41) is 7.44. The van der Waals surface area contributed by atoms with Gasteiger partial charge in [0.05, 0.1) is 12.2 Å². The predicted octanol–water partition coefficient (Wildman–Crippen LogP) is 3.28. The van der Waals surface area contributed by atoms with Crippen LogP contribution in [0, 0.1) is 0 Å². The largest absolute Gasteiger partial charge is 0.355 e. The molecule has 1 saturated heterocycles. The van der Waals surface area contributed by atoms with E-state index in [9.17, 15) is 0 Å². The fourth-order valence-corrected chi connectivity index (χ4v) is 4.07. The van der Waals surface area contributed by atoms with Crippen LogP contribution in [0.3, 0.4) is 0 Å². The van der Waals surface area contributed by atoms with E-state index >= 15 is 0 Å². The highest BCUT2D eigenvalue weighted by Crippen LogP contribution is 2.25. The van der Waals surface area contributed by atoms with Gasteiger partial charge in [0.25, 0.3) is 0 Å². The fraction of sp³-hybridized carbons (Fsp3) is 0.467. The maximum atomic E-state index is 4.59. The lowest BCUT2D eigenvalue weighted by atomic mass is 10.2. The molecule has 1 fully saturated rings. The maximum absolute atomic E-state index is 4.59. The molecule has 0 aliphatic carbocycles. The molecule has 5 nitrogen and oxygen atoms in total. The number of hydrogen-bond acceptors (Lipinski definition) is 3. The second kappa shape index (κ2) is 9.12. The van der Waals surface area contributed by atoms with Crippen LogP contribution in [0.1, 0.15) is 18.5 Å². The van der Waals surface area contributed by atoms with E-state index in [-0.39, 0.29) is 24.0 Å². The number of guanidine groups is 1. The zero-order valence-electron chi connectivity index (χ0n) is 13.0. The first-order chi connectivity index (χ1) is 10.7. The van der Waals surface area contributed by atoms with E-state index in [1.54, 1.807) is 7.05 Å². The fourth-order valence-electron chi connectivity index (χ4n) is 2.51. The van der Waals surface area contributed by atoms with Gasteiger partial charge in [-0.3, -0.25) is 4.99 Å². The van der Waals surface area contributed by atoms with Gasteiger partial charge in [0.1, 0.15) is 5.65 Å². The Morgan fingerprint density at radius 1 is 1.43 bits per heavy atom. The van der Waals surface area contributed by atoms with E-state index in [0.29, 0.717) is 11.8 Å². The summed E-state index contributed by atoms with van der Waals surface area (Å²) in [7, 11) is 1.80. The van der Waals surface area contributed by atoms with Crippen LogP contribution in [0.5, 0.6) is 0 Å². The van der Waals surface area contributed by atoms with Gasteiger partial charge in [0.2, 0.25) is 0 Å². The van der Waals surface area contributed by atoms with Gasteiger partial charge in [-0.25, -0.2) is 4.98 Å². The monoisotopic (exact) mass is 509 g/mol. The van der Waals surface area contributed by atoms with Crippen molar-refractivity contribution in [3.05, 3.63) is 34.7 Å². The third-order valence-corrected chi connectivity index (χ3v) is 5.51. The van der Waals surface area contributed by atoms with Crippen molar-refractivity contribution in [3.8, 4) is 0 Å². The van der Waals surface area contributed by atoms with Gasteiger partial charge in [-0.05, 0) is 46.7 Å². The third-order valence-electron chi connectivity index (χ3n) is 3.65. The molecule has 3 rings (SSSR count). The molecule has 2 aromatic heterocycles. The van der Waals surface area contributed by atoms with E-state index in [1.807, 2.05) is 40.7 Å². The molecule has 1 atom stereocenters. The van der Waals surface area contributed by atoms with E-state index in [4.69, 9.17) is 0 Å². The van der Waals surface area contributed by atoms with Crippen molar-refractivity contribution in [3.63, 3.8) is 0 Å². The van der Waals surface area contributed by atoms with Gasteiger partial charge in [-0.1, -0.05) is 0 Å². The highest BCUT2D eigenvalue weighted by atomic mass is 127. The van der Waals surface area contributed by atoms with Crippen LogP contribution < -0.4 is 10.6 Å². The van der Waals surface area contributed by atoms with Crippen LogP contribution in [0.4, 0.5) is 0 Å². The standard InChI is InChI=1S/C15H20BrN5S.HI/c1-17-15(19-8-13-3-2-6-22-13)18-7-12-10-21-9-11(16)4-5-14(21)20-12;/h4-5,9-10,13H,2-3,6-8H2,1H3,(H2,17,18,19);1H. The van der Waals surface area contributed by atoms with E-state index in [0.717, 1.165) is 28.3 Å². The minimum absolute atomic E-state index is 0. The number of pyridine rings is 1. The molecule has 2 aromatic rings. The van der Waals surface area contributed by atoms with E-state index < -0.39 is 0 Å². The van der Waals surface area contributed by atoms with Crippen molar-refractivity contribution >= 4 is 63.3 Å². The Morgan fingerprint density at radius 3 is 3.04 bits per heavy atom. The Kier molecular flexibility index (Phi) is 7.48. The molecule has 0 bridgehead atoms. The zero-order chi connectivity index (χ0) is 15.4. The molecule has 1 unspecified atom stereocenters. The molecule has 0 saturated carbocycles. The van der Waals surface area contributed by atoms with Crippen LogP contribution >= 0.6 is 51.7 Å². The number of aliphatic imine (C=N–C) groups is 1. The van der Waals surface area contributed by atoms with Crippen LogP contribution in [-0.4, -0.2) is 39.9 Å². The number of nitrogens with zero attached hydrogens (tertiary/aromatic N) is 3. The normalized spacial score (nSPS) is 18.0. The van der Waals surface area contributed by atoms with E-state index in [2.05, 4.69) is 36.5 Å². The Labute approximate surface area is 166 Å². The highest BCUT2D eigenvalue weighted by molar-refractivity contribution is 14.0. The van der Waals surface area contributed by atoms with Gasteiger partial charge in [-0.2, -0.15) is 11.8 Å². The maximum Gasteiger partial charge on any atom is 0.191 e. The molecule has 3 heterocycles. The molecule has 0 amide bonds. The van der Waals surface area contributed by atoms with Crippen molar-refractivity contribution in [2.75, 3.05) is 19.3 Å². The van der Waals surface area contributed by atoms with Gasteiger partial charge in [0, 0.05) is 35.7 Å². The van der Waals surface area contributed by atoms with E-state index in [1.165, 1.54) is 18.6 Å². The lowest BCUT2D eigenvalue weighted by Crippen LogP contribution is -2.39. The predicted molar refractivity (Wildman–Crippen MR) is 112 cm³/mol. The third kappa shape index (κ3) is 5.25. The van der Waals surface area contributed by atoms with Gasteiger partial charge in [-0.15, -0.1) is 24.0 Å². The molecule has 0 aromatic carbocycles. The number of aromatic nitrogens is 2. The molecule has 2 N–H and O–H groups in total.